The average molecular weight is 384 g/mol. The van der Waals surface area contributed by atoms with Crippen LogP contribution in [-0.4, -0.2) is 49.0 Å². The fourth-order valence-electron chi connectivity index (χ4n) is 3.64. The molecule has 7 heteroatoms. The maximum Gasteiger partial charge on any atom is 0.224 e. The van der Waals surface area contributed by atoms with Gasteiger partial charge in [-0.25, -0.2) is 4.98 Å². The van der Waals surface area contributed by atoms with Crippen molar-refractivity contribution in [1.29, 1.82) is 0 Å². The third-order valence-electron chi connectivity index (χ3n) is 5.39. The van der Waals surface area contributed by atoms with E-state index in [1.165, 1.54) is 24.0 Å². The Labute approximate surface area is 165 Å². The van der Waals surface area contributed by atoms with Crippen molar-refractivity contribution in [3.63, 3.8) is 0 Å². The summed E-state index contributed by atoms with van der Waals surface area (Å²) < 4.78 is 10.9. The van der Waals surface area contributed by atoms with Gasteiger partial charge in [0, 0.05) is 38.2 Å². The van der Waals surface area contributed by atoms with Crippen LogP contribution in [0.2, 0.25) is 0 Å². The van der Waals surface area contributed by atoms with E-state index < -0.39 is 0 Å². The Morgan fingerprint density at radius 1 is 1.11 bits per heavy atom. The quantitative estimate of drug-likeness (QED) is 0.678. The average Bonchev–Trinajstić information content (AvgIpc) is 3.57. The van der Waals surface area contributed by atoms with Gasteiger partial charge in [0.15, 0.2) is 11.5 Å². The van der Waals surface area contributed by atoms with E-state index in [0.29, 0.717) is 24.8 Å². The molecule has 2 heterocycles. The third-order valence-corrected chi connectivity index (χ3v) is 5.39. The maximum absolute atomic E-state index is 9.02. The standard InChI is InChI=1S/C21H28N4O3/c1-27-18-10-15-6-8-25(13-16(15)11-19(18)28-2)20-12-17(14-4-5-14)23-21(24-20)22-7-3-9-26/h10-12,14,26H,3-9,13H2,1-2H3,(H,22,23,24). The molecule has 1 saturated carbocycles. The first kappa shape index (κ1) is 18.8. The Kier molecular flexibility index (Phi) is 5.52. The van der Waals surface area contributed by atoms with E-state index in [1.54, 1.807) is 14.2 Å². The van der Waals surface area contributed by atoms with E-state index in [9.17, 15) is 0 Å². The summed E-state index contributed by atoms with van der Waals surface area (Å²) >= 11 is 0. The van der Waals surface area contributed by atoms with Crippen molar-refractivity contribution in [2.45, 2.75) is 38.1 Å². The van der Waals surface area contributed by atoms with Crippen molar-refractivity contribution in [1.82, 2.24) is 9.97 Å². The Morgan fingerprint density at radius 2 is 1.86 bits per heavy atom. The Morgan fingerprint density at radius 3 is 2.54 bits per heavy atom. The summed E-state index contributed by atoms with van der Waals surface area (Å²) in [6, 6.07) is 6.30. The summed E-state index contributed by atoms with van der Waals surface area (Å²) in [7, 11) is 3.34. The van der Waals surface area contributed by atoms with Gasteiger partial charge in [-0.15, -0.1) is 0 Å². The van der Waals surface area contributed by atoms with E-state index in [4.69, 9.17) is 19.6 Å². The number of fused-ring (bicyclic) bond motifs is 1. The van der Waals surface area contributed by atoms with E-state index >= 15 is 0 Å². The van der Waals surface area contributed by atoms with Crippen LogP contribution in [0.25, 0.3) is 0 Å². The zero-order valence-electron chi connectivity index (χ0n) is 16.6. The minimum absolute atomic E-state index is 0.163. The van der Waals surface area contributed by atoms with Gasteiger partial charge in [0.05, 0.1) is 19.9 Å². The van der Waals surface area contributed by atoms with Crippen LogP contribution in [-0.2, 0) is 13.0 Å². The van der Waals surface area contributed by atoms with Gasteiger partial charge in [-0.3, -0.25) is 0 Å². The highest BCUT2D eigenvalue weighted by Gasteiger charge is 2.28. The first-order chi connectivity index (χ1) is 13.7. The number of methoxy groups -OCH3 is 2. The molecule has 150 valence electrons. The number of anilines is 2. The molecule has 1 aliphatic heterocycles. The van der Waals surface area contributed by atoms with Crippen molar-refractivity contribution in [2.75, 3.05) is 44.1 Å². The summed E-state index contributed by atoms with van der Waals surface area (Å²) in [5.41, 5.74) is 3.66. The third kappa shape index (κ3) is 3.99. The van der Waals surface area contributed by atoms with Gasteiger partial charge in [0.2, 0.25) is 5.95 Å². The van der Waals surface area contributed by atoms with Crippen molar-refractivity contribution >= 4 is 11.8 Å². The molecule has 1 aromatic carbocycles. The fourth-order valence-corrected chi connectivity index (χ4v) is 3.64. The van der Waals surface area contributed by atoms with Crippen LogP contribution in [0.3, 0.4) is 0 Å². The van der Waals surface area contributed by atoms with E-state index in [1.807, 2.05) is 0 Å². The van der Waals surface area contributed by atoms with Crippen molar-refractivity contribution in [2.24, 2.45) is 0 Å². The number of aliphatic hydroxyl groups excluding tert-OH is 1. The molecule has 1 aliphatic carbocycles. The largest absolute Gasteiger partial charge is 0.493 e. The number of hydrogen-bond donors (Lipinski definition) is 2. The van der Waals surface area contributed by atoms with Crippen molar-refractivity contribution < 1.29 is 14.6 Å². The second kappa shape index (κ2) is 8.22. The molecule has 0 spiro atoms. The summed E-state index contributed by atoms with van der Waals surface area (Å²) in [6.45, 7) is 2.52. The number of nitrogens with one attached hydrogen (secondary N) is 1. The zero-order chi connectivity index (χ0) is 19.5. The predicted octanol–water partition coefficient (Wildman–Crippen LogP) is 2.73. The summed E-state index contributed by atoms with van der Waals surface area (Å²) in [4.78, 5) is 11.7. The fraction of sp³-hybridized carbons (Fsp3) is 0.524. The van der Waals surface area contributed by atoms with Crippen LogP contribution in [0.1, 0.15) is 42.0 Å². The monoisotopic (exact) mass is 384 g/mol. The van der Waals surface area contributed by atoms with Crippen molar-refractivity contribution in [3.8, 4) is 11.5 Å². The molecular weight excluding hydrogens is 356 g/mol. The lowest BCUT2D eigenvalue weighted by molar-refractivity contribution is 0.292. The van der Waals surface area contributed by atoms with Gasteiger partial charge in [-0.05, 0) is 48.9 Å². The van der Waals surface area contributed by atoms with Crippen molar-refractivity contribution in [3.05, 3.63) is 35.0 Å². The summed E-state index contributed by atoms with van der Waals surface area (Å²) in [6.07, 6.45) is 4.02. The number of nitrogens with zero attached hydrogens (tertiary/aromatic N) is 3. The van der Waals surface area contributed by atoms with Crippen LogP contribution in [0.5, 0.6) is 11.5 Å². The number of hydrogen-bond acceptors (Lipinski definition) is 7. The highest BCUT2D eigenvalue weighted by molar-refractivity contribution is 5.53. The summed E-state index contributed by atoms with van der Waals surface area (Å²) in [5, 5.41) is 12.3. The SMILES string of the molecule is COc1cc2c(cc1OC)CN(c1cc(C3CC3)nc(NCCCO)n1)CC2. The molecule has 2 aliphatic rings. The maximum atomic E-state index is 9.02. The molecule has 28 heavy (non-hydrogen) atoms. The molecule has 7 nitrogen and oxygen atoms in total. The first-order valence-corrected chi connectivity index (χ1v) is 9.94. The number of aliphatic hydroxyl groups is 1. The Balaban J connectivity index is 1.59. The second-order valence-electron chi connectivity index (χ2n) is 7.40. The Bertz CT molecular complexity index is 839. The second-order valence-corrected chi connectivity index (χ2v) is 7.40. The molecule has 2 aromatic rings. The topological polar surface area (TPSA) is 79.7 Å². The smallest absolute Gasteiger partial charge is 0.224 e. The molecule has 0 radical (unpaired) electrons. The lowest BCUT2D eigenvalue weighted by atomic mass is 9.98. The summed E-state index contributed by atoms with van der Waals surface area (Å²) in [5.74, 6) is 3.72. The number of aromatic nitrogens is 2. The van der Waals surface area contributed by atoms with Crippen LogP contribution in [0.4, 0.5) is 11.8 Å². The van der Waals surface area contributed by atoms with Gasteiger partial charge in [-0.2, -0.15) is 4.98 Å². The van der Waals surface area contributed by atoms with E-state index in [2.05, 4.69) is 33.4 Å². The molecular formula is C21H28N4O3. The number of ether oxygens (including phenoxy) is 2. The van der Waals surface area contributed by atoms with Crippen LogP contribution in [0, 0.1) is 0 Å². The molecule has 0 bridgehead atoms. The highest BCUT2D eigenvalue weighted by Crippen LogP contribution is 2.41. The predicted molar refractivity (Wildman–Crippen MR) is 108 cm³/mol. The highest BCUT2D eigenvalue weighted by atomic mass is 16.5. The molecule has 4 rings (SSSR count). The lowest BCUT2D eigenvalue weighted by Crippen LogP contribution is -2.31. The molecule has 2 N–H and O–H groups in total. The minimum atomic E-state index is 0.163. The van der Waals surface area contributed by atoms with E-state index in [-0.39, 0.29) is 6.61 Å². The van der Waals surface area contributed by atoms with Gasteiger partial charge < -0.3 is 24.8 Å². The number of rotatable bonds is 8. The molecule has 0 amide bonds. The van der Waals surface area contributed by atoms with Gasteiger partial charge in [0.1, 0.15) is 5.82 Å². The van der Waals surface area contributed by atoms with E-state index in [0.717, 1.165) is 42.5 Å². The van der Waals surface area contributed by atoms with Crippen LogP contribution in [0.15, 0.2) is 18.2 Å². The lowest BCUT2D eigenvalue weighted by Gasteiger charge is -2.31. The normalized spacial score (nSPS) is 15.9. The molecule has 0 saturated heterocycles. The number of benzene rings is 1. The Hall–Kier alpha value is -2.54. The van der Waals surface area contributed by atoms with Gasteiger partial charge in [0.25, 0.3) is 0 Å². The molecule has 1 aromatic heterocycles. The van der Waals surface area contributed by atoms with Gasteiger partial charge in [-0.1, -0.05) is 0 Å². The van der Waals surface area contributed by atoms with Crippen LogP contribution < -0.4 is 19.7 Å². The molecule has 0 unspecified atom stereocenters. The van der Waals surface area contributed by atoms with Gasteiger partial charge >= 0.3 is 0 Å². The molecule has 1 fully saturated rings. The zero-order valence-corrected chi connectivity index (χ0v) is 16.6. The molecule has 0 atom stereocenters. The van der Waals surface area contributed by atoms with Crippen LogP contribution >= 0.6 is 0 Å². The minimum Gasteiger partial charge on any atom is -0.493 e. The first-order valence-electron chi connectivity index (χ1n) is 9.94.